The molecule has 18 heavy (non-hydrogen) atoms. The summed E-state index contributed by atoms with van der Waals surface area (Å²) in [5, 5.41) is 0. The molecule has 1 aliphatic heterocycles. The van der Waals surface area contributed by atoms with Crippen molar-refractivity contribution in [2.24, 2.45) is 0 Å². The number of piperazine rings is 1. The highest BCUT2D eigenvalue weighted by atomic mass is 79.9. The molecule has 2 aliphatic rings. The van der Waals surface area contributed by atoms with Gasteiger partial charge in [-0.3, -0.25) is 14.6 Å². The van der Waals surface area contributed by atoms with Crippen molar-refractivity contribution in [1.29, 1.82) is 0 Å². The number of nitrogens with zero attached hydrogens (tertiary/aromatic N) is 2. The first-order valence-electron chi connectivity index (χ1n) is 6.47. The van der Waals surface area contributed by atoms with Crippen LogP contribution in [0.15, 0.2) is 15.9 Å². The molecule has 1 saturated carbocycles. The van der Waals surface area contributed by atoms with Crippen LogP contribution in [-0.4, -0.2) is 54.3 Å². The second-order valence-electron chi connectivity index (χ2n) is 5.07. The Balaban J connectivity index is 1.50. The lowest BCUT2D eigenvalue weighted by molar-refractivity contribution is 0.0847. The molecule has 0 bridgehead atoms. The van der Waals surface area contributed by atoms with E-state index < -0.39 is 0 Å². The molecular weight excluding hydrogens is 312 g/mol. The molecule has 0 aromatic carbocycles. The lowest BCUT2D eigenvalue weighted by atomic mass is 10.2. The van der Waals surface area contributed by atoms with Crippen molar-refractivity contribution in [3.8, 4) is 0 Å². The van der Waals surface area contributed by atoms with E-state index in [2.05, 4.69) is 25.7 Å². The fraction of sp³-hybridized carbons (Fsp3) is 0.615. The maximum Gasteiger partial charge on any atom is 0.186 e. The van der Waals surface area contributed by atoms with Gasteiger partial charge in [-0.05, 0) is 40.9 Å². The van der Waals surface area contributed by atoms with Crippen molar-refractivity contribution in [3.63, 3.8) is 0 Å². The van der Waals surface area contributed by atoms with Crippen molar-refractivity contribution in [3.05, 3.63) is 20.8 Å². The van der Waals surface area contributed by atoms with Crippen LogP contribution in [0.3, 0.4) is 0 Å². The fourth-order valence-electron chi connectivity index (χ4n) is 2.47. The SMILES string of the molecule is O=C(CN1CCN(C2CC2)CC1)c1ccc(Br)s1. The van der Waals surface area contributed by atoms with Crippen LogP contribution in [0.2, 0.25) is 0 Å². The number of thiophene rings is 1. The number of carbonyl (C=O) groups excluding carboxylic acids is 1. The minimum atomic E-state index is 0.255. The van der Waals surface area contributed by atoms with Crippen LogP contribution >= 0.6 is 27.3 Å². The Morgan fingerprint density at radius 1 is 1.28 bits per heavy atom. The van der Waals surface area contributed by atoms with Gasteiger partial charge < -0.3 is 0 Å². The van der Waals surface area contributed by atoms with Gasteiger partial charge in [0.25, 0.3) is 0 Å². The second kappa shape index (κ2) is 5.41. The molecule has 0 unspecified atom stereocenters. The van der Waals surface area contributed by atoms with Gasteiger partial charge in [0.05, 0.1) is 15.2 Å². The summed E-state index contributed by atoms with van der Waals surface area (Å²) < 4.78 is 1.03. The maximum atomic E-state index is 12.1. The van der Waals surface area contributed by atoms with Gasteiger partial charge in [-0.2, -0.15) is 0 Å². The normalized spacial score (nSPS) is 22.3. The van der Waals surface area contributed by atoms with E-state index in [-0.39, 0.29) is 5.78 Å². The van der Waals surface area contributed by atoms with E-state index in [4.69, 9.17) is 0 Å². The van der Waals surface area contributed by atoms with Crippen LogP contribution in [0.5, 0.6) is 0 Å². The Hall–Kier alpha value is -0.230. The Morgan fingerprint density at radius 2 is 2.00 bits per heavy atom. The molecule has 1 aromatic heterocycles. The van der Waals surface area contributed by atoms with Crippen molar-refractivity contribution in [2.75, 3.05) is 32.7 Å². The number of halogens is 1. The average molecular weight is 329 g/mol. The van der Waals surface area contributed by atoms with Crippen molar-refractivity contribution in [2.45, 2.75) is 18.9 Å². The number of hydrogen-bond donors (Lipinski definition) is 0. The van der Waals surface area contributed by atoms with Crippen molar-refractivity contribution >= 4 is 33.0 Å². The van der Waals surface area contributed by atoms with Crippen LogP contribution in [0.1, 0.15) is 22.5 Å². The molecule has 0 atom stereocenters. The lowest BCUT2D eigenvalue weighted by Gasteiger charge is -2.34. The molecule has 5 heteroatoms. The number of hydrogen-bond acceptors (Lipinski definition) is 4. The van der Waals surface area contributed by atoms with Crippen LogP contribution in [0.25, 0.3) is 0 Å². The van der Waals surface area contributed by atoms with Crippen LogP contribution in [0.4, 0.5) is 0 Å². The zero-order valence-corrected chi connectivity index (χ0v) is 12.7. The van der Waals surface area contributed by atoms with E-state index >= 15 is 0 Å². The lowest BCUT2D eigenvalue weighted by Crippen LogP contribution is -2.48. The van der Waals surface area contributed by atoms with E-state index in [0.29, 0.717) is 6.54 Å². The monoisotopic (exact) mass is 328 g/mol. The summed E-state index contributed by atoms with van der Waals surface area (Å²) in [4.78, 5) is 17.8. The number of Topliss-reactive ketones (excluding diaryl/α,β-unsaturated/α-hetero) is 1. The Bertz CT molecular complexity index is 436. The summed E-state index contributed by atoms with van der Waals surface area (Å²) >= 11 is 4.93. The highest BCUT2D eigenvalue weighted by Gasteiger charge is 2.31. The Kier molecular flexibility index (Phi) is 3.84. The van der Waals surface area contributed by atoms with Gasteiger partial charge in [0, 0.05) is 32.2 Å². The predicted molar refractivity (Wildman–Crippen MR) is 77.4 cm³/mol. The molecule has 0 amide bonds. The highest BCUT2D eigenvalue weighted by molar-refractivity contribution is 9.11. The van der Waals surface area contributed by atoms with Gasteiger partial charge in [-0.1, -0.05) is 0 Å². The molecule has 2 heterocycles. The van der Waals surface area contributed by atoms with E-state index in [1.54, 1.807) is 0 Å². The molecular formula is C13H17BrN2OS. The fourth-order valence-corrected chi connectivity index (χ4v) is 3.79. The zero-order chi connectivity index (χ0) is 12.5. The Morgan fingerprint density at radius 3 is 2.56 bits per heavy atom. The molecule has 1 aliphatic carbocycles. The van der Waals surface area contributed by atoms with Gasteiger partial charge in [-0.25, -0.2) is 0 Å². The summed E-state index contributed by atoms with van der Waals surface area (Å²) in [6.45, 7) is 4.91. The molecule has 2 fully saturated rings. The van der Waals surface area contributed by atoms with E-state index in [9.17, 15) is 4.79 Å². The molecule has 0 radical (unpaired) electrons. The molecule has 0 spiro atoms. The van der Waals surface area contributed by atoms with Gasteiger partial charge >= 0.3 is 0 Å². The van der Waals surface area contributed by atoms with E-state index in [0.717, 1.165) is 40.9 Å². The van der Waals surface area contributed by atoms with Crippen LogP contribution in [0, 0.1) is 0 Å². The second-order valence-corrected chi connectivity index (χ2v) is 7.53. The molecule has 3 rings (SSSR count). The number of carbonyl (C=O) groups is 1. The first-order valence-corrected chi connectivity index (χ1v) is 8.08. The Labute approximate surface area is 120 Å². The van der Waals surface area contributed by atoms with Gasteiger partial charge in [0.1, 0.15) is 0 Å². The topological polar surface area (TPSA) is 23.6 Å². The largest absolute Gasteiger partial charge is 0.298 e. The number of rotatable bonds is 4. The molecule has 1 saturated heterocycles. The molecule has 0 N–H and O–H groups in total. The van der Waals surface area contributed by atoms with Crippen molar-refractivity contribution < 1.29 is 4.79 Å². The van der Waals surface area contributed by atoms with Gasteiger partial charge in [0.2, 0.25) is 0 Å². The minimum absolute atomic E-state index is 0.255. The first-order chi connectivity index (χ1) is 8.72. The van der Waals surface area contributed by atoms with E-state index in [1.165, 1.54) is 24.2 Å². The van der Waals surface area contributed by atoms with Crippen LogP contribution in [-0.2, 0) is 0 Å². The van der Waals surface area contributed by atoms with Crippen molar-refractivity contribution in [1.82, 2.24) is 9.80 Å². The summed E-state index contributed by atoms with van der Waals surface area (Å²) in [5.74, 6) is 0.255. The standard InChI is InChI=1S/C13H17BrN2OS/c14-13-4-3-12(18-13)11(17)9-15-5-7-16(8-6-15)10-1-2-10/h3-4,10H,1-2,5-9H2. The van der Waals surface area contributed by atoms with Crippen LogP contribution < -0.4 is 0 Å². The quantitative estimate of drug-likeness (QED) is 0.793. The summed E-state index contributed by atoms with van der Waals surface area (Å²) in [6.07, 6.45) is 2.75. The zero-order valence-electron chi connectivity index (χ0n) is 10.3. The third-order valence-corrected chi connectivity index (χ3v) is 5.35. The van der Waals surface area contributed by atoms with E-state index in [1.807, 2.05) is 12.1 Å². The number of ketones is 1. The molecule has 98 valence electrons. The third-order valence-electron chi connectivity index (χ3n) is 3.69. The summed E-state index contributed by atoms with van der Waals surface area (Å²) in [5.41, 5.74) is 0. The average Bonchev–Trinajstić information content (AvgIpc) is 3.12. The summed E-state index contributed by atoms with van der Waals surface area (Å²) in [7, 11) is 0. The van der Waals surface area contributed by atoms with Gasteiger partial charge in [0.15, 0.2) is 5.78 Å². The summed E-state index contributed by atoms with van der Waals surface area (Å²) in [6, 6.07) is 4.72. The maximum absolute atomic E-state index is 12.1. The predicted octanol–water partition coefficient (Wildman–Crippen LogP) is 2.47. The smallest absolute Gasteiger partial charge is 0.186 e. The highest BCUT2D eigenvalue weighted by Crippen LogP contribution is 2.27. The van der Waals surface area contributed by atoms with Gasteiger partial charge in [-0.15, -0.1) is 11.3 Å². The third kappa shape index (κ3) is 3.02. The molecule has 3 nitrogen and oxygen atoms in total. The minimum Gasteiger partial charge on any atom is -0.298 e. The first kappa shape index (κ1) is 12.8. The molecule has 1 aromatic rings.